The van der Waals surface area contributed by atoms with Crippen LogP contribution in [0.2, 0.25) is 0 Å². The number of nitrogens with one attached hydrogen (secondary N) is 1. The summed E-state index contributed by atoms with van der Waals surface area (Å²) in [6.45, 7) is 16.6. The van der Waals surface area contributed by atoms with Crippen molar-refractivity contribution in [3.05, 3.63) is 59.2 Å². The summed E-state index contributed by atoms with van der Waals surface area (Å²) in [5.41, 5.74) is 3.25. The molecule has 0 unspecified atom stereocenters. The maximum Gasteiger partial charge on any atom is 0.262 e. The lowest BCUT2D eigenvalue weighted by atomic mass is 9.80. The van der Waals surface area contributed by atoms with Crippen LogP contribution in [-0.2, 0) is 15.6 Å². The Labute approximate surface area is 204 Å². The first-order valence-electron chi connectivity index (χ1n) is 12.3. The minimum atomic E-state index is -0.285. The van der Waals surface area contributed by atoms with Crippen LogP contribution in [0.25, 0.3) is 0 Å². The summed E-state index contributed by atoms with van der Waals surface area (Å²) in [6.07, 6.45) is 2.02. The molecule has 5 nitrogen and oxygen atoms in total. The molecule has 2 aromatic rings. The molecule has 0 spiro atoms. The number of hydrogen-bond acceptors (Lipinski definition) is 3. The fraction of sp³-hybridized carbons (Fsp3) is 0.517. The summed E-state index contributed by atoms with van der Waals surface area (Å²) >= 11 is 0. The van der Waals surface area contributed by atoms with Gasteiger partial charge in [0.1, 0.15) is 5.75 Å². The molecule has 0 radical (unpaired) electrons. The maximum atomic E-state index is 13.1. The number of anilines is 1. The van der Waals surface area contributed by atoms with Crippen LogP contribution in [0.4, 0.5) is 5.69 Å². The van der Waals surface area contributed by atoms with Crippen molar-refractivity contribution in [2.75, 3.05) is 25.0 Å². The molecule has 1 aliphatic heterocycles. The van der Waals surface area contributed by atoms with Gasteiger partial charge in [0, 0.05) is 13.1 Å². The fourth-order valence-corrected chi connectivity index (χ4v) is 4.20. The monoisotopic (exact) mass is 464 g/mol. The van der Waals surface area contributed by atoms with Crippen molar-refractivity contribution in [2.24, 2.45) is 5.92 Å². The number of para-hydroxylation sites is 1. The van der Waals surface area contributed by atoms with Crippen molar-refractivity contribution in [1.29, 1.82) is 0 Å². The highest BCUT2D eigenvalue weighted by atomic mass is 16.5. The van der Waals surface area contributed by atoms with E-state index < -0.39 is 0 Å². The van der Waals surface area contributed by atoms with E-state index in [4.69, 9.17) is 4.74 Å². The number of piperidine rings is 1. The number of ether oxygens (including phenoxy) is 1. The number of nitrogens with zero attached hydrogens (tertiary/aromatic N) is 1. The third-order valence-corrected chi connectivity index (χ3v) is 6.51. The predicted molar refractivity (Wildman–Crippen MR) is 139 cm³/mol. The average molecular weight is 465 g/mol. The van der Waals surface area contributed by atoms with E-state index in [1.807, 2.05) is 23.1 Å². The van der Waals surface area contributed by atoms with Crippen LogP contribution in [0.15, 0.2) is 42.5 Å². The molecule has 2 amide bonds. The Morgan fingerprint density at radius 2 is 1.62 bits per heavy atom. The zero-order chi connectivity index (χ0) is 25.1. The van der Waals surface area contributed by atoms with Gasteiger partial charge in [-0.1, -0.05) is 72.7 Å². The SMILES string of the molecule is CC1CCN(C(=O)c2ccccc2NC(=O)COc2ccc(C(C)(C)C)cc2C(C)(C)C)CC1. The largest absolute Gasteiger partial charge is 0.483 e. The van der Waals surface area contributed by atoms with Gasteiger partial charge in [-0.15, -0.1) is 0 Å². The second-order valence-corrected chi connectivity index (χ2v) is 11.6. The number of benzene rings is 2. The second-order valence-electron chi connectivity index (χ2n) is 11.6. The topological polar surface area (TPSA) is 58.6 Å². The van der Waals surface area contributed by atoms with Gasteiger partial charge in [-0.2, -0.15) is 0 Å². The molecular weight excluding hydrogens is 424 g/mol. The van der Waals surface area contributed by atoms with Gasteiger partial charge in [-0.3, -0.25) is 9.59 Å². The molecule has 1 heterocycles. The predicted octanol–water partition coefficient (Wildman–Crippen LogP) is 6.17. The van der Waals surface area contributed by atoms with Gasteiger partial charge < -0.3 is 15.0 Å². The van der Waals surface area contributed by atoms with Crippen LogP contribution >= 0.6 is 0 Å². The quantitative estimate of drug-likeness (QED) is 0.575. The molecule has 34 heavy (non-hydrogen) atoms. The highest BCUT2D eigenvalue weighted by molar-refractivity contribution is 6.04. The summed E-state index contributed by atoms with van der Waals surface area (Å²) in [5.74, 6) is 1.04. The minimum Gasteiger partial charge on any atom is -0.483 e. The second kappa shape index (κ2) is 10.2. The first-order chi connectivity index (χ1) is 15.9. The average Bonchev–Trinajstić information content (AvgIpc) is 2.77. The normalized spacial score (nSPS) is 15.2. The van der Waals surface area contributed by atoms with Crippen molar-refractivity contribution in [1.82, 2.24) is 4.90 Å². The van der Waals surface area contributed by atoms with Crippen molar-refractivity contribution in [3.63, 3.8) is 0 Å². The van der Waals surface area contributed by atoms with Crippen molar-refractivity contribution in [3.8, 4) is 5.75 Å². The molecular formula is C29H40N2O3. The number of carbonyl (C=O) groups excluding carboxylic acids is 2. The van der Waals surface area contributed by atoms with Crippen LogP contribution in [0.3, 0.4) is 0 Å². The Morgan fingerprint density at radius 3 is 2.24 bits per heavy atom. The van der Waals surface area contributed by atoms with Gasteiger partial charge in [0.15, 0.2) is 6.61 Å². The Bertz CT molecular complexity index is 1020. The third-order valence-electron chi connectivity index (χ3n) is 6.51. The lowest BCUT2D eigenvalue weighted by molar-refractivity contribution is -0.118. The van der Waals surface area contributed by atoms with Crippen molar-refractivity contribution < 1.29 is 14.3 Å². The standard InChI is InChI=1S/C29H40N2O3/c1-20-14-16-31(17-15-20)27(33)22-10-8-9-11-24(22)30-26(32)19-34-25-13-12-21(28(2,3)4)18-23(25)29(5,6)7/h8-13,18,20H,14-17,19H2,1-7H3,(H,30,32). The van der Waals surface area contributed by atoms with Gasteiger partial charge in [-0.05, 0) is 58.9 Å². The number of hydrogen-bond donors (Lipinski definition) is 1. The number of amides is 2. The highest BCUT2D eigenvalue weighted by Gasteiger charge is 2.25. The zero-order valence-corrected chi connectivity index (χ0v) is 21.8. The summed E-state index contributed by atoms with van der Waals surface area (Å²) in [4.78, 5) is 27.8. The number of rotatable bonds is 5. The molecule has 5 heteroatoms. The Hall–Kier alpha value is -2.82. The maximum absolute atomic E-state index is 13.1. The molecule has 184 valence electrons. The first kappa shape index (κ1) is 25.8. The van der Waals surface area contributed by atoms with Crippen LogP contribution in [0, 0.1) is 5.92 Å². The Balaban J connectivity index is 1.71. The summed E-state index contributed by atoms with van der Waals surface area (Å²) in [6, 6.07) is 13.4. The molecule has 0 aromatic heterocycles. The van der Waals surface area contributed by atoms with E-state index in [2.05, 4.69) is 65.9 Å². The van der Waals surface area contributed by atoms with Gasteiger partial charge in [0.25, 0.3) is 11.8 Å². The molecule has 1 fully saturated rings. The molecule has 0 saturated carbocycles. The smallest absolute Gasteiger partial charge is 0.262 e. The van der Waals surface area contributed by atoms with Crippen molar-refractivity contribution in [2.45, 2.75) is 72.1 Å². The van der Waals surface area contributed by atoms with E-state index in [9.17, 15) is 9.59 Å². The van der Waals surface area contributed by atoms with Crippen molar-refractivity contribution >= 4 is 17.5 Å². The van der Waals surface area contributed by atoms with E-state index >= 15 is 0 Å². The van der Waals surface area contributed by atoms with Crippen LogP contribution < -0.4 is 10.1 Å². The van der Waals surface area contributed by atoms with E-state index in [-0.39, 0.29) is 29.3 Å². The van der Waals surface area contributed by atoms with Gasteiger partial charge in [-0.25, -0.2) is 0 Å². The van der Waals surface area contributed by atoms with Gasteiger partial charge in [0.2, 0.25) is 0 Å². The lowest BCUT2D eigenvalue weighted by Gasteiger charge is -2.30. The lowest BCUT2D eigenvalue weighted by Crippen LogP contribution is -2.38. The molecule has 1 N–H and O–H groups in total. The van der Waals surface area contributed by atoms with Crippen LogP contribution in [-0.4, -0.2) is 36.4 Å². The fourth-order valence-electron chi connectivity index (χ4n) is 4.20. The molecule has 1 saturated heterocycles. The first-order valence-corrected chi connectivity index (χ1v) is 12.3. The number of likely N-dealkylation sites (tertiary alicyclic amines) is 1. The van der Waals surface area contributed by atoms with E-state index in [0.29, 0.717) is 22.9 Å². The molecule has 1 aliphatic rings. The summed E-state index contributed by atoms with van der Waals surface area (Å²) < 4.78 is 5.99. The molecule has 0 aliphatic carbocycles. The highest BCUT2D eigenvalue weighted by Crippen LogP contribution is 2.35. The van der Waals surface area contributed by atoms with Gasteiger partial charge >= 0.3 is 0 Å². The minimum absolute atomic E-state index is 0.0263. The number of carbonyl (C=O) groups is 2. The third kappa shape index (κ3) is 6.40. The summed E-state index contributed by atoms with van der Waals surface area (Å²) in [7, 11) is 0. The van der Waals surface area contributed by atoms with Crippen LogP contribution in [0.5, 0.6) is 5.75 Å². The van der Waals surface area contributed by atoms with E-state index in [1.54, 1.807) is 12.1 Å². The Morgan fingerprint density at radius 1 is 0.971 bits per heavy atom. The molecule has 2 aromatic carbocycles. The van der Waals surface area contributed by atoms with E-state index in [0.717, 1.165) is 31.5 Å². The molecule has 0 atom stereocenters. The molecule has 3 rings (SSSR count). The summed E-state index contributed by atoms with van der Waals surface area (Å²) in [5, 5.41) is 2.89. The van der Waals surface area contributed by atoms with E-state index in [1.165, 1.54) is 5.56 Å². The zero-order valence-electron chi connectivity index (χ0n) is 21.8. The van der Waals surface area contributed by atoms with Crippen LogP contribution in [0.1, 0.15) is 82.8 Å². The Kier molecular flexibility index (Phi) is 7.74. The van der Waals surface area contributed by atoms with Gasteiger partial charge in [0.05, 0.1) is 11.3 Å². The molecule has 0 bridgehead atoms.